The van der Waals surface area contributed by atoms with E-state index in [2.05, 4.69) is 45.0 Å². The molecule has 1 aromatic heterocycles. The summed E-state index contributed by atoms with van der Waals surface area (Å²) in [5, 5.41) is 0.412. The number of nitrogens with zero attached hydrogens (tertiary/aromatic N) is 3. The summed E-state index contributed by atoms with van der Waals surface area (Å²) < 4.78 is 0.700. The molecule has 5 heteroatoms. The van der Waals surface area contributed by atoms with Gasteiger partial charge in [-0.2, -0.15) is 0 Å². The van der Waals surface area contributed by atoms with Gasteiger partial charge >= 0.3 is 0 Å². The summed E-state index contributed by atoms with van der Waals surface area (Å²) in [6, 6.07) is 8.18. The van der Waals surface area contributed by atoms with Crippen molar-refractivity contribution in [2.75, 3.05) is 11.9 Å². The Morgan fingerprint density at radius 3 is 2.76 bits per heavy atom. The molecule has 2 rings (SSSR count). The van der Waals surface area contributed by atoms with E-state index in [1.807, 2.05) is 24.1 Å². The van der Waals surface area contributed by atoms with Crippen LogP contribution in [0.3, 0.4) is 0 Å². The van der Waals surface area contributed by atoms with E-state index < -0.39 is 0 Å². The van der Waals surface area contributed by atoms with Crippen molar-refractivity contribution in [3.63, 3.8) is 0 Å². The fraction of sp³-hybridized carbons (Fsp3) is 0.167. The van der Waals surface area contributed by atoms with Crippen LogP contribution < -0.4 is 4.90 Å². The zero-order valence-corrected chi connectivity index (χ0v) is 11.8. The maximum Gasteiger partial charge on any atom is 0.152 e. The lowest BCUT2D eigenvalue weighted by atomic mass is 10.2. The summed E-state index contributed by atoms with van der Waals surface area (Å²) in [4.78, 5) is 10.1. The number of hydrogen-bond acceptors (Lipinski definition) is 3. The highest BCUT2D eigenvalue weighted by Crippen LogP contribution is 2.32. The summed E-state index contributed by atoms with van der Waals surface area (Å²) in [5.74, 6) is 0.746. The maximum atomic E-state index is 5.95. The molecule has 0 atom stereocenters. The highest BCUT2D eigenvalue weighted by Gasteiger charge is 2.12. The van der Waals surface area contributed by atoms with Crippen LogP contribution in [-0.4, -0.2) is 17.0 Å². The Labute approximate surface area is 114 Å². The molecule has 88 valence electrons. The molecule has 0 saturated carbocycles. The maximum absolute atomic E-state index is 5.95. The van der Waals surface area contributed by atoms with Gasteiger partial charge in [-0.15, -0.1) is 0 Å². The lowest BCUT2D eigenvalue weighted by Crippen LogP contribution is -2.12. The first-order chi connectivity index (χ1) is 8.09. The second kappa shape index (κ2) is 5.02. The zero-order valence-electron chi connectivity index (χ0n) is 9.48. The number of hydrogen-bond donors (Lipinski definition) is 0. The molecule has 0 saturated heterocycles. The van der Waals surface area contributed by atoms with Gasteiger partial charge in [0.25, 0.3) is 0 Å². The first kappa shape index (κ1) is 12.3. The SMILES string of the molecule is Cc1cccc(N(C)c2ncnc(Cl)c2Br)c1. The summed E-state index contributed by atoms with van der Waals surface area (Å²) in [5.41, 5.74) is 2.26. The number of aromatic nitrogens is 2. The van der Waals surface area contributed by atoms with Gasteiger partial charge in [0.05, 0.1) is 4.47 Å². The van der Waals surface area contributed by atoms with Crippen LogP contribution in [-0.2, 0) is 0 Å². The number of rotatable bonds is 2. The van der Waals surface area contributed by atoms with E-state index in [0.717, 1.165) is 11.5 Å². The minimum atomic E-state index is 0.412. The molecule has 0 aliphatic heterocycles. The van der Waals surface area contributed by atoms with Crippen molar-refractivity contribution in [2.24, 2.45) is 0 Å². The lowest BCUT2D eigenvalue weighted by molar-refractivity contribution is 1.06. The predicted octanol–water partition coefficient (Wildman–Crippen LogP) is 3.97. The molecule has 0 spiro atoms. The second-order valence-corrected chi connectivity index (χ2v) is 4.85. The number of halogens is 2. The molecule has 17 heavy (non-hydrogen) atoms. The Balaban J connectivity index is 2.44. The van der Waals surface area contributed by atoms with Crippen molar-refractivity contribution in [2.45, 2.75) is 6.92 Å². The number of anilines is 2. The highest BCUT2D eigenvalue weighted by molar-refractivity contribution is 9.10. The summed E-state index contributed by atoms with van der Waals surface area (Å²) in [6.45, 7) is 2.05. The van der Waals surface area contributed by atoms with E-state index >= 15 is 0 Å². The Morgan fingerprint density at radius 1 is 1.29 bits per heavy atom. The Kier molecular flexibility index (Phi) is 3.64. The Bertz CT molecular complexity index is 545. The van der Waals surface area contributed by atoms with Gasteiger partial charge in [0.2, 0.25) is 0 Å². The molecule has 0 fully saturated rings. The van der Waals surface area contributed by atoms with Crippen LogP contribution in [0.5, 0.6) is 0 Å². The van der Waals surface area contributed by atoms with Gasteiger partial charge in [-0.3, -0.25) is 0 Å². The fourth-order valence-electron chi connectivity index (χ4n) is 1.53. The predicted molar refractivity (Wildman–Crippen MR) is 74.0 cm³/mol. The summed E-state index contributed by atoms with van der Waals surface area (Å²) in [7, 11) is 1.94. The zero-order chi connectivity index (χ0) is 12.4. The second-order valence-electron chi connectivity index (χ2n) is 3.70. The van der Waals surface area contributed by atoms with Crippen LogP contribution in [0.1, 0.15) is 5.56 Å². The van der Waals surface area contributed by atoms with Gasteiger partial charge < -0.3 is 4.90 Å². The topological polar surface area (TPSA) is 29.0 Å². The van der Waals surface area contributed by atoms with Crippen LogP contribution in [0.4, 0.5) is 11.5 Å². The normalized spacial score (nSPS) is 10.4. The third-order valence-corrected chi connectivity index (χ3v) is 3.68. The molecule has 1 heterocycles. The van der Waals surface area contributed by atoms with E-state index in [0.29, 0.717) is 9.63 Å². The van der Waals surface area contributed by atoms with Crippen LogP contribution in [0, 0.1) is 6.92 Å². The fourth-order valence-corrected chi connectivity index (χ4v) is 2.13. The third kappa shape index (κ3) is 2.58. The van der Waals surface area contributed by atoms with Gasteiger partial charge in [0.1, 0.15) is 11.5 Å². The third-order valence-electron chi connectivity index (χ3n) is 2.44. The first-order valence-corrected chi connectivity index (χ1v) is 6.23. The monoisotopic (exact) mass is 311 g/mol. The van der Waals surface area contributed by atoms with Crippen LogP contribution in [0.2, 0.25) is 5.15 Å². The largest absolute Gasteiger partial charge is 0.328 e. The minimum Gasteiger partial charge on any atom is -0.328 e. The van der Waals surface area contributed by atoms with Gasteiger partial charge in [-0.05, 0) is 40.5 Å². The molecule has 0 radical (unpaired) electrons. The van der Waals surface area contributed by atoms with E-state index in [-0.39, 0.29) is 0 Å². The summed E-state index contributed by atoms with van der Waals surface area (Å²) >= 11 is 9.35. The molecule has 0 unspecified atom stereocenters. The molecule has 0 aliphatic carbocycles. The highest BCUT2D eigenvalue weighted by atomic mass is 79.9. The van der Waals surface area contributed by atoms with Crippen molar-refractivity contribution >= 4 is 39.0 Å². The van der Waals surface area contributed by atoms with Crippen LogP contribution >= 0.6 is 27.5 Å². The van der Waals surface area contributed by atoms with Crippen molar-refractivity contribution in [3.8, 4) is 0 Å². The molecular weight excluding hydrogens is 302 g/mol. The summed E-state index contributed by atoms with van der Waals surface area (Å²) in [6.07, 6.45) is 1.45. The molecular formula is C12H11BrClN3. The number of benzene rings is 1. The first-order valence-electron chi connectivity index (χ1n) is 5.06. The van der Waals surface area contributed by atoms with Crippen molar-refractivity contribution in [3.05, 3.63) is 45.8 Å². The van der Waals surface area contributed by atoms with E-state index in [1.165, 1.54) is 11.9 Å². The molecule has 2 aromatic rings. The van der Waals surface area contributed by atoms with Crippen molar-refractivity contribution in [1.82, 2.24) is 9.97 Å². The lowest BCUT2D eigenvalue weighted by Gasteiger charge is -2.19. The quantitative estimate of drug-likeness (QED) is 0.786. The van der Waals surface area contributed by atoms with Gasteiger partial charge in [-0.1, -0.05) is 23.7 Å². The average molecular weight is 313 g/mol. The Hall–Kier alpha value is -1.13. The van der Waals surface area contributed by atoms with Crippen molar-refractivity contribution < 1.29 is 0 Å². The standard InChI is InChI=1S/C12H11BrClN3/c1-8-4-3-5-9(6-8)17(2)12-10(13)11(14)15-7-16-12/h3-7H,1-2H3. The van der Waals surface area contributed by atoms with Crippen LogP contribution in [0.25, 0.3) is 0 Å². The Morgan fingerprint density at radius 2 is 2.06 bits per heavy atom. The van der Waals surface area contributed by atoms with Gasteiger partial charge in [0.15, 0.2) is 5.82 Å². The van der Waals surface area contributed by atoms with E-state index in [4.69, 9.17) is 11.6 Å². The van der Waals surface area contributed by atoms with Gasteiger partial charge in [-0.25, -0.2) is 9.97 Å². The molecule has 1 aromatic carbocycles. The molecule has 0 N–H and O–H groups in total. The van der Waals surface area contributed by atoms with Gasteiger partial charge in [0, 0.05) is 12.7 Å². The molecule has 0 amide bonds. The van der Waals surface area contributed by atoms with E-state index in [9.17, 15) is 0 Å². The molecule has 0 bridgehead atoms. The number of aryl methyl sites for hydroxylation is 1. The average Bonchev–Trinajstić information content (AvgIpc) is 2.32. The van der Waals surface area contributed by atoms with Crippen molar-refractivity contribution in [1.29, 1.82) is 0 Å². The molecule has 3 nitrogen and oxygen atoms in total. The van der Waals surface area contributed by atoms with E-state index in [1.54, 1.807) is 0 Å². The molecule has 0 aliphatic rings. The minimum absolute atomic E-state index is 0.412. The smallest absolute Gasteiger partial charge is 0.152 e. The van der Waals surface area contributed by atoms with Crippen LogP contribution in [0.15, 0.2) is 35.1 Å².